The van der Waals surface area contributed by atoms with Crippen LogP contribution in [0.3, 0.4) is 0 Å². The predicted octanol–water partition coefficient (Wildman–Crippen LogP) is 1.54. The van der Waals surface area contributed by atoms with Crippen molar-refractivity contribution in [3.05, 3.63) is 36.7 Å². The van der Waals surface area contributed by atoms with Crippen molar-refractivity contribution >= 4 is 5.91 Å². The summed E-state index contributed by atoms with van der Waals surface area (Å²) in [6.45, 7) is 8.12. The molecule has 1 aliphatic rings. The summed E-state index contributed by atoms with van der Waals surface area (Å²) < 4.78 is 0. The molecule has 0 aromatic heterocycles. The number of carbonyl (C=O) groups excluding carboxylic acids is 1. The Morgan fingerprint density at radius 1 is 1.36 bits per heavy atom. The highest BCUT2D eigenvalue weighted by Crippen LogP contribution is 2.15. The molecule has 1 heterocycles. The van der Waals surface area contributed by atoms with Crippen LogP contribution in [0.4, 0.5) is 0 Å². The molecule has 3 heteroatoms. The van der Waals surface area contributed by atoms with Crippen LogP contribution in [0.2, 0.25) is 0 Å². The molecule has 1 saturated heterocycles. The molecule has 0 bridgehead atoms. The molecule has 0 unspecified atom stereocenters. The van der Waals surface area contributed by atoms with Gasteiger partial charge in [0, 0.05) is 24.4 Å². The summed E-state index contributed by atoms with van der Waals surface area (Å²) in [5, 5.41) is 0. The van der Waals surface area contributed by atoms with E-state index in [2.05, 4.69) is 13.2 Å². The fraction of sp³-hybridized carbons (Fsp3) is 0.364. The first kappa shape index (κ1) is 10.6. The molecule has 76 valence electrons. The Morgan fingerprint density at radius 3 is 2.64 bits per heavy atom. The van der Waals surface area contributed by atoms with Crippen molar-refractivity contribution in [2.75, 3.05) is 6.54 Å². The fourth-order valence-corrected chi connectivity index (χ4v) is 1.40. The van der Waals surface area contributed by atoms with E-state index < -0.39 is 0 Å². The summed E-state index contributed by atoms with van der Waals surface area (Å²) in [6, 6.07) is 0. The zero-order valence-corrected chi connectivity index (χ0v) is 8.33. The molecule has 0 spiro atoms. The molecule has 14 heavy (non-hydrogen) atoms. The summed E-state index contributed by atoms with van der Waals surface area (Å²) in [5.41, 5.74) is 6.54. The third-order valence-corrected chi connectivity index (χ3v) is 2.16. The van der Waals surface area contributed by atoms with E-state index in [0.717, 1.165) is 19.4 Å². The maximum atomic E-state index is 11.5. The van der Waals surface area contributed by atoms with E-state index in [-0.39, 0.29) is 5.91 Å². The number of piperidine rings is 1. The van der Waals surface area contributed by atoms with E-state index in [4.69, 9.17) is 5.73 Å². The summed E-state index contributed by atoms with van der Waals surface area (Å²) >= 11 is 0. The van der Waals surface area contributed by atoms with Gasteiger partial charge in [-0.25, -0.2) is 0 Å². The van der Waals surface area contributed by atoms with E-state index in [9.17, 15) is 4.79 Å². The Balaban J connectivity index is 2.59. The summed E-state index contributed by atoms with van der Waals surface area (Å²) in [6.07, 6.45) is 6.03. The lowest BCUT2D eigenvalue weighted by Crippen LogP contribution is -2.33. The van der Waals surface area contributed by atoms with Crippen molar-refractivity contribution in [3.63, 3.8) is 0 Å². The smallest absolute Gasteiger partial charge is 0.226 e. The van der Waals surface area contributed by atoms with Crippen LogP contribution < -0.4 is 5.73 Å². The lowest BCUT2D eigenvalue weighted by molar-refractivity contribution is -0.130. The zero-order valence-electron chi connectivity index (χ0n) is 8.33. The molecule has 0 atom stereocenters. The van der Waals surface area contributed by atoms with Crippen molar-refractivity contribution in [1.29, 1.82) is 0 Å². The Kier molecular flexibility index (Phi) is 3.51. The van der Waals surface area contributed by atoms with Gasteiger partial charge in [-0.3, -0.25) is 4.79 Å². The normalized spacial score (nSPS) is 17.4. The van der Waals surface area contributed by atoms with Gasteiger partial charge in [0.05, 0.1) is 0 Å². The van der Waals surface area contributed by atoms with Crippen LogP contribution in [-0.4, -0.2) is 17.4 Å². The molecule has 1 aliphatic heterocycles. The van der Waals surface area contributed by atoms with E-state index in [1.165, 1.54) is 0 Å². The molecule has 0 radical (unpaired) electrons. The van der Waals surface area contributed by atoms with Crippen LogP contribution >= 0.6 is 0 Å². The molecular weight excluding hydrogens is 176 g/mol. The predicted molar refractivity (Wildman–Crippen MR) is 57.2 cm³/mol. The molecule has 0 aromatic rings. The molecule has 1 rings (SSSR count). The average Bonchev–Trinajstić information content (AvgIpc) is 2.15. The minimum atomic E-state index is 0.147. The van der Waals surface area contributed by atoms with Crippen LogP contribution in [0, 0.1) is 0 Å². The molecule has 3 nitrogen and oxygen atoms in total. The maximum Gasteiger partial charge on any atom is 0.226 e. The lowest BCUT2D eigenvalue weighted by Gasteiger charge is -2.26. The zero-order chi connectivity index (χ0) is 10.6. The Labute approximate surface area is 84.6 Å². The number of allylic oxidation sites excluding steroid dienone is 2. The van der Waals surface area contributed by atoms with Crippen molar-refractivity contribution < 1.29 is 4.79 Å². The van der Waals surface area contributed by atoms with Crippen LogP contribution in [0.25, 0.3) is 0 Å². The average molecular weight is 192 g/mol. The second kappa shape index (κ2) is 4.65. The fourth-order valence-electron chi connectivity index (χ4n) is 1.40. The molecule has 2 N–H and O–H groups in total. The van der Waals surface area contributed by atoms with Crippen LogP contribution in [-0.2, 0) is 4.79 Å². The van der Waals surface area contributed by atoms with Crippen LogP contribution in [0.15, 0.2) is 36.7 Å². The number of amides is 1. The van der Waals surface area contributed by atoms with Gasteiger partial charge >= 0.3 is 0 Å². The Bertz CT molecular complexity index is 292. The van der Waals surface area contributed by atoms with Gasteiger partial charge in [0.1, 0.15) is 0 Å². The monoisotopic (exact) mass is 192 g/mol. The molecule has 1 amide bonds. The number of nitrogens with two attached hydrogens (primary N) is 1. The van der Waals surface area contributed by atoms with Crippen molar-refractivity contribution in [2.24, 2.45) is 5.73 Å². The van der Waals surface area contributed by atoms with Gasteiger partial charge in [-0.2, -0.15) is 0 Å². The highest BCUT2D eigenvalue weighted by atomic mass is 16.2. The van der Waals surface area contributed by atoms with Gasteiger partial charge in [0.15, 0.2) is 0 Å². The van der Waals surface area contributed by atoms with Crippen molar-refractivity contribution in [2.45, 2.75) is 19.3 Å². The third kappa shape index (κ3) is 2.76. The highest BCUT2D eigenvalue weighted by Gasteiger charge is 2.18. The van der Waals surface area contributed by atoms with E-state index in [1.807, 2.05) is 0 Å². The van der Waals surface area contributed by atoms with Gasteiger partial charge in [0.25, 0.3) is 0 Å². The van der Waals surface area contributed by atoms with Gasteiger partial charge in [0.2, 0.25) is 5.91 Å². The molecular formula is C11H16N2O. The first-order valence-electron chi connectivity index (χ1n) is 4.73. The molecule has 0 aromatic carbocycles. The number of hydrogen-bond donors (Lipinski definition) is 1. The third-order valence-electron chi connectivity index (χ3n) is 2.16. The summed E-state index contributed by atoms with van der Waals surface area (Å²) in [5.74, 6) is 0.147. The Hall–Kier alpha value is -1.51. The van der Waals surface area contributed by atoms with Crippen LogP contribution in [0.1, 0.15) is 19.3 Å². The largest absolute Gasteiger partial charge is 0.399 e. The number of carbonyl (C=O) groups is 1. The molecule has 0 aliphatic carbocycles. The number of nitrogens with zero attached hydrogens (tertiary/aromatic N) is 1. The number of hydrogen-bond acceptors (Lipinski definition) is 2. The second-order valence-corrected chi connectivity index (χ2v) is 3.40. The Morgan fingerprint density at radius 2 is 2.07 bits per heavy atom. The lowest BCUT2D eigenvalue weighted by atomic mass is 10.1. The summed E-state index contributed by atoms with van der Waals surface area (Å²) in [7, 11) is 0. The van der Waals surface area contributed by atoms with Gasteiger partial charge in [-0.1, -0.05) is 13.2 Å². The molecule has 0 saturated carbocycles. The minimum Gasteiger partial charge on any atom is -0.399 e. The van der Waals surface area contributed by atoms with Crippen LogP contribution in [0.5, 0.6) is 0 Å². The standard InChI is InChI=1S/C11H16N2O/c1-9(12)6-7-10(2)13-8-4-3-5-11(13)14/h6-7H,1-5,8,12H2/b7-6-. The summed E-state index contributed by atoms with van der Waals surface area (Å²) in [4.78, 5) is 13.2. The van der Waals surface area contributed by atoms with Crippen molar-refractivity contribution in [1.82, 2.24) is 4.90 Å². The van der Waals surface area contributed by atoms with E-state index in [1.54, 1.807) is 17.1 Å². The minimum absolute atomic E-state index is 0.147. The molecule has 1 fully saturated rings. The van der Waals surface area contributed by atoms with Crippen molar-refractivity contribution in [3.8, 4) is 0 Å². The second-order valence-electron chi connectivity index (χ2n) is 3.40. The van der Waals surface area contributed by atoms with Gasteiger partial charge < -0.3 is 10.6 Å². The SMILES string of the molecule is C=C(N)/C=C\C(=C)N1CCCCC1=O. The number of likely N-dealkylation sites (tertiary alicyclic amines) is 1. The highest BCUT2D eigenvalue weighted by molar-refractivity contribution is 5.79. The van der Waals surface area contributed by atoms with Gasteiger partial charge in [-0.15, -0.1) is 0 Å². The van der Waals surface area contributed by atoms with Gasteiger partial charge in [-0.05, 0) is 25.0 Å². The topological polar surface area (TPSA) is 46.3 Å². The van der Waals surface area contributed by atoms with E-state index >= 15 is 0 Å². The first-order chi connectivity index (χ1) is 6.61. The first-order valence-corrected chi connectivity index (χ1v) is 4.73. The maximum absolute atomic E-state index is 11.5. The number of rotatable bonds is 3. The quantitative estimate of drug-likeness (QED) is 0.689. The van der Waals surface area contributed by atoms with E-state index in [0.29, 0.717) is 17.8 Å².